The Morgan fingerprint density at radius 1 is 1.28 bits per heavy atom. The number of aromatic amines is 1. The number of hydrogen-bond acceptors (Lipinski definition) is 5. The van der Waals surface area contributed by atoms with Crippen LogP contribution in [0.25, 0.3) is 10.2 Å². The molecule has 0 aliphatic heterocycles. The molecule has 3 aliphatic rings. The summed E-state index contributed by atoms with van der Waals surface area (Å²) in [6.45, 7) is 1.39. The molecule has 0 bridgehead atoms. The molecule has 1 amide bonds. The molecular weight excluding hydrogens is 436 g/mol. The Kier molecular flexibility index (Phi) is 6.19. The van der Waals surface area contributed by atoms with Crippen LogP contribution in [0, 0.1) is 11.3 Å². The number of carbonyl (C=O) groups excluding carboxylic acids is 1. The lowest BCUT2D eigenvalue weighted by atomic mass is 9.54. The fourth-order valence-electron chi connectivity index (χ4n) is 5.09. The minimum Gasteiger partial charge on any atom is -0.372 e. The molecule has 0 saturated heterocycles. The van der Waals surface area contributed by atoms with Crippen LogP contribution in [0.1, 0.15) is 70.3 Å². The van der Waals surface area contributed by atoms with Gasteiger partial charge in [0.1, 0.15) is 5.72 Å². The van der Waals surface area contributed by atoms with Gasteiger partial charge in [0.05, 0.1) is 15.8 Å². The third kappa shape index (κ3) is 5.05. The summed E-state index contributed by atoms with van der Waals surface area (Å²) in [6.07, 6.45) is 6.62. The molecule has 5 N–H and O–H groups in total. The van der Waals surface area contributed by atoms with E-state index in [0.29, 0.717) is 24.3 Å². The highest BCUT2D eigenvalue weighted by atomic mass is 32.1. The van der Waals surface area contributed by atoms with E-state index in [4.69, 9.17) is 5.73 Å². The number of H-pyrrole nitrogens is 1. The fourth-order valence-corrected chi connectivity index (χ4v) is 5.87. The van der Waals surface area contributed by atoms with E-state index in [2.05, 4.69) is 10.3 Å². The molecular formula is C23H31F2N3O3S. The zero-order valence-electron chi connectivity index (χ0n) is 18.3. The SMILES string of the molecule is CC(N)(O)c1cc2sccc2[nH]c1=O.O=C(NC1CC2(CCC2)C1)C1CCC(F)(F)CC1. The number of hydrogen-bond donors (Lipinski definition) is 4. The van der Waals surface area contributed by atoms with Crippen molar-refractivity contribution in [3.63, 3.8) is 0 Å². The Morgan fingerprint density at radius 2 is 1.94 bits per heavy atom. The van der Waals surface area contributed by atoms with E-state index < -0.39 is 11.6 Å². The maximum atomic E-state index is 13.0. The van der Waals surface area contributed by atoms with Crippen LogP contribution in [-0.4, -0.2) is 28.0 Å². The predicted molar refractivity (Wildman–Crippen MR) is 121 cm³/mol. The van der Waals surface area contributed by atoms with Gasteiger partial charge in [0.15, 0.2) is 0 Å². The zero-order chi connectivity index (χ0) is 23.1. The van der Waals surface area contributed by atoms with Crippen molar-refractivity contribution in [1.29, 1.82) is 0 Å². The van der Waals surface area contributed by atoms with Gasteiger partial charge in [0.25, 0.3) is 5.56 Å². The summed E-state index contributed by atoms with van der Waals surface area (Å²) >= 11 is 1.49. The van der Waals surface area contributed by atoms with Crippen molar-refractivity contribution in [3.8, 4) is 0 Å². The van der Waals surface area contributed by atoms with Gasteiger partial charge < -0.3 is 15.4 Å². The molecule has 6 nitrogen and oxygen atoms in total. The standard InChI is InChI=1S/C14H21F2NO.C9H10N2O2S/c15-14(16)6-2-10(3-7-14)12(18)17-11-8-13(9-11)4-1-5-13;1-9(10,13)5-4-7-6(2-3-14-7)11-8(5)12/h10-11H,1-9H2,(H,17,18);2-4,13H,10H2,1H3,(H,11,12). The Bertz CT molecular complexity index is 1020. The van der Waals surface area contributed by atoms with Crippen LogP contribution >= 0.6 is 11.3 Å². The van der Waals surface area contributed by atoms with E-state index >= 15 is 0 Å². The Labute approximate surface area is 189 Å². The third-order valence-corrected chi connectivity index (χ3v) is 8.08. The van der Waals surface area contributed by atoms with E-state index in [1.54, 1.807) is 6.07 Å². The first-order valence-corrected chi connectivity index (χ1v) is 12.1. The highest BCUT2D eigenvalue weighted by Gasteiger charge is 2.49. The molecule has 3 fully saturated rings. The lowest BCUT2D eigenvalue weighted by molar-refractivity contribution is -0.132. The molecule has 1 spiro atoms. The summed E-state index contributed by atoms with van der Waals surface area (Å²) in [6, 6.07) is 3.76. The third-order valence-electron chi connectivity index (χ3n) is 7.22. The number of halogens is 2. The first kappa shape index (κ1) is 23.3. The van der Waals surface area contributed by atoms with Crippen LogP contribution < -0.4 is 16.6 Å². The van der Waals surface area contributed by atoms with Gasteiger partial charge in [0.2, 0.25) is 11.8 Å². The first-order chi connectivity index (χ1) is 15.0. The number of carbonyl (C=O) groups is 1. The van der Waals surface area contributed by atoms with Gasteiger partial charge in [-0.1, -0.05) is 6.42 Å². The van der Waals surface area contributed by atoms with E-state index in [-0.39, 0.29) is 35.8 Å². The molecule has 2 aromatic rings. The second-order valence-electron chi connectivity index (χ2n) is 9.96. The number of rotatable bonds is 3. The zero-order valence-corrected chi connectivity index (χ0v) is 19.1. The quantitative estimate of drug-likeness (QED) is 0.512. The van der Waals surface area contributed by atoms with Crippen molar-refractivity contribution in [1.82, 2.24) is 10.3 Å². The number of aliphatic hydroxyl groups is 1. The molecule has 1 atom stereocenters. The smallest absolute Gasteiger partial charge is 0.255 e. The molecule has 5 rings (SSSR count). The molecule has 0 radical (unpaired) electrons. The summed E-state index contributed by atoms with van der Waals surface area (Å²) in [5.74, 6) is -2.70. The molecule has 32 heavy (non-hydrogen) atoms. The molecule has 3 aliphatic carbocycles. The van der Waals surface area contributed by atoms with Gasteiger partial charge in [-0.2, -0.15) is 0 Å². The van der Waals surface area contributed by atoms with E-state index in [0.717, 1.165) is 23.1 Å². The molecule has 176 valence electrons. The van der Waals surface area contributed by atoms with Crippen LogP contribution in [0.3, 0.4) is 0 Å². The van der Waals surface area contributed by atoms with Crippen molar-refractivity contribution in [3.05, 3.63) is 33.4 Å². The minimum absolute atomic E-state index is 0.0182. The highest BCUT2D eigenvalue weighted by molar-refractivity contribution is 7.17. The van der Waals surface area contributed by atoms with Crippen LogP contribution in [-0.2, 0) is 10.5 Å². The maximum Gasteiger partial charge on any atom is 0.255 e. The normalized spacial score (nSPS) is 24.0. The molecule has 1 unspecified atom stereocenters. The summed E-state index contributed by atoms with van der Waals surface area (Å²) in [4.78, 5) is 26.1. The van der Waals surface area contributed by atoms with Crippen molar-refractivity contribution in [2.45, 2.75) is 82.4 Å². The summed E-state index contributed by atoms with van der Waals surface area (Å²) in [5.41, 5.74) is 5.03. The van der Waals surface area contributed by atoms with Crippen molar-refractivity contribution < 1.29 is 18.7 Å². The topological polar surface area (TPSA) is 108 Å². The summed E-state index contributed by atoms with van der Waals surface area (Å²) < 4.78 is 26.9. The number of alkyl halides is 2. The van der Waals surface area contributed by atoms with Crippen LogP contribution in [0.15, 0.2) is 22.3 Å². The first-order valence-electron chi connectivity index (χ1n) is 11.3. The number of nitrogens with two attached hydrogens (primary N) is 1. The predicted octanol–water partition coefficient (Wildman–Crippen LogP) is 3.97. The lowest BCUT2D eigenvalue weighted by Gasteiger charge is -2.54. The molecule has 0 aromatic carbocycles. The van der Waals surface area contributed by atoms with E-state index in [1.807, 2.05) is 11.4 Å². The number of thiophene rings is 1. The number of fused-ring (bicyclic) bond motifs is 1. The van der Waals surface area contributed by atoms with Gasteiger partial charge in [-0.25, -0.2) is 8.78 Å². The van der Waals surface area contributed by atoms with Gasteiger partial charge in [-0.05, 0) is 68.4 Å². The summed E-state index contributed by atoms with van der Waals surface area (Å²) in [7, 11) is 0. The number of nitrogens with one attached hydrogen (secondary N) is 2. The largest absolute Gasteiger partial charge is 0.372 e. The second-order valence-corrected chi connectivity index (χ2v) is 10.9. The average Bonchev–Trinajstić information content (AvgIpc) is 3.09. The molecule has 2 heterocycles. The number of amides is 1. The maximum absolute atomic E-state index is 13.0. The van der Waals surface area contributed by atoms with Crippen LogP contribution in [0.5, 0.6) is 0 Å². The van der Waals surface area contributed by atoms with Gasteiger partial charge in [-0.3, -0.25) is 15.3 Å². The highest BCUT2D eigenvalue weighted by Crippen LogP contribution is 2.55. The van der Waals surface area contributed by atoms with Crippen molar-refractivity contribution >= 4 is 27.5 Å². The van der Waals surface area contributed by atoms with Crippen molar-refractivity contribution in [2.24, 2.45) is 17.1 Å². The molecule has 2 aromatic heterocycles. The monoisotopic (exact) mass is 467 g/mol. The number of aromatic nitrogens is 1. The van der Waals surface area contributed by atoms with Gasteiger partial charge >= 0.3 is 0 Å². The van der Waals surface area contributed by atoms with Crippen LogP contribution in [0.2, 0.25) is 0 Å². The Morgan fingerprint density at radius 3 is 2.50 bits per heavy atom. The minimum atomic E-state index is -2.54. The number of pyridine rings is 1. The van der Waals surface area contributed by atoms with Crippen LogP contribution in [0.4, 0.5) is 8.78 Å². The van der Waals surface area contributed by atoms with E-state index in [9.17, 15) is 23.5 Å². The van der Waals surface area contributed by atoms with Gasteiger partial charge in [0, 0.05) is 24.8 Å². The van der Waals surface area contributed by atoms with Gasteiger partial charge in [-0.15, -0.1) is 11.3 Å². The lowest BCUT2D eigenvalue weighted by Crippen LogP contribution is -2.54. The molecule has 3 saturated carbocycles. The fraction of sp³-hybridized carbons (Fsp3) is 0.652. The molecule has 9 heteroatoms. The second kappa shape index (κ2) is 8.50. The van der Waals surface area contributed by atoms with Crippen molar-refractivity contribution in [2.75, 3.05) is 0 Å². The average molecular weight is 468 g/mol. The Hall–Kier alpha value is -1.84. The van der Waals surface area contributed by atoms with E-state index in [1.165, 1.54) is 37.5 Å². The summed E-state index contributed by atoms with van der Waals surface area (Å²) in [5, 5.41) is 14.5. The Balaban J connectivity index is 0.000000158.